The Kier molecular flexibility index (Phi) is 4.61. The van der Waals surface area contributed by atoms with Crippen molar-refractivity contribution in [1.82, 2.24) is 5.32 Å². The van der Waals surface area contributed by atoms with Gasteiger partial charge in [-0.15, -0.1) is 0 Å². The first kappa shape index (κ1) is 13.4. The number of rotatable bonds is 4. The van der Waals surface area contributed by atoms with Gasteiger partial charge in [-0.25, -0.2) is 0 Å². The molecule has 0 saturated heterocycles. The summed E-state index contributed by atoms with van der Waals surface area (Å²) in [4.78, 5) is 11.2. The van der Waals surface area contributed by atoms with Crippen LogP contribution in [0.4, 0.5) is 0 Å². The number of benzene rings is 1. The zero-order valence-electron chi connectivity index (χ0n) is 10.2. The van der Waals surface area contributed by atoms with E-state index in [1.807, 2.05) is 24.3 Å². The van der Waals surface area contributed by atoms with Gasteiger partial charge in [-0.2, -0.15) is 0 Å². The first-order valence-electron chi connectivity index (χ1n) is 6.37. The van der Waals surface area contributed by atoms with Gasteiger partial charge in [0.2, 0.25) is 0 Å². The van der Waals surface area contributed by atoms with E-state index in [2.05, 4.69) is 5.32 Å². The summed E-state index contributed by atoms with van der Waals surface area (Å²) in [5, 5.41) is 13.3. The zero-order chi connectivity index (χ0) is 13.0. The van der Waals surface area contributed by atoms with Crippen LogP contribution in [0.1, 0.15) is 31.2 Å². The number of nitrogens with one attached hydrogen (secondary N) is 1. The molecule has 18 heavy (non-hydrogen) atoms. The fraction of sp³-hybridized carbons (Fsp3) is 0.500. The molecular formula is C14H18ClNO2. The van der Waals surface area contributed by atoms with Crippen molar-refractivity contribution >= 4 is 17.6 Å². The SMILES string of the molecule is O=C(O)[C@@H]1CCCC[C@H]1NCc1cccc(Cl)c1. The molecule has 1 aliphatic carbocycles. The molecule has 98 valence electrons. The lowest BCUT2D eigenvalue weighted by Crippen LogP contribution is -2.41. The van der Waals surface area contributed by atoms with Crippen LogP contribution in [0.25, 0.3) is 0 Å². The fourth-order valence-electron chi connectivity index (χ4n) is 2.57. The van der Waals surface area contributed by atoms with Gasteiger partial charge >= 0.3 is 5.97 Å². The van der Waals surface area contributed by atoms with Gasteiger partial charge in [0.05, 0.1) is 5.92 Å². The van der Waals surface area contributed by atoms with Crippen molar-refractivity contribution in [3.8, 4) is 0 Å². The Morgan fingerprint density at radius 1 is 1.39 bits per heavy atom. The average molecular weight is 268 g/mol. The van der Waals surface area contributed by atoms with Crippen LogP contribution in [0.5, 0.6) is 0 Å². The quantitative estimate of drug-likeness (QED) is 0.881. The van der Waals surface area contributed by atoms with Gasteiger partial charge in [-0.1, -0.05) is 36.6 Å². The van der Waals surface area contributed by atoms with Gasteiger partial charge in [0.1, 0.15) is 0 Å². The van der Waals surface area contributed by atoms with Crippen molar-refractivity contribution in [2.75, 3.05) is 0 Å². The monoisotopic (exact) mass is 267 g/mol. The highest BCUT2D eigenvalue weighted by Gasteiger charge is 2.30. The van der Waals surface area contributed by atoms with E-state index < -0.39 is 5.97 Å². The summed E-state index contributed by atoms with van der Waals surface area (Å²) in [6.45, 7) is 0.676. The minimum Gasteiger partial charge on any atom is -0.481 e. The van der Waals surface area contributed by atoms with E-state index in [9.17, 15) is 9.90 Å². The third-order valence-electron chi connectivity index (χ3n) is 3.54. The first-order valence-corrected chi connectivity index (χ1v) is 6.75. The predicted molar refractivity (Wildman–Crippen MR) is 71.7 cm³/mol. The standard InChI is InChI=1S/C14H18ClNO2/c15-11-5-3-4-10(8-11)9-16-13-7-2-1-6-12(13)14(17)18/h3-5,8,12-13,16H,1-2,6-7,9H2,(H,17,18)/t12-,13-/m1/s1. The van der Waals surface area contributed by atoms with Crippen molar-refractivity contribution in [1.29, 1.82) is 0 Å². The van der Waals surface area contributed by atoms with E-state index in [4.69, 9.17) is 11.6 Å². The minimum atomic E-state index is -0.682. The minimum absolute atomic E-state index is 0.0789. The molecule has 0 radical (unpaired) electrons. The third kappa shape index (κ3) is 3.47. The molecule has 1 fully saturated rings. The molecule has 1 aliphatic rings. The van der Waals surface area contributed by atoms with Gasteiger partial charge in [0.15, 0.2) is 0 Å². The fourth-order valence-corrected chi connectivity index (χ4v) is 2.78. The molecule has 0 bridgehead atoms. The van der Waals surface area contributed by atoms with Crippen LogP contribution in [0, 0.1) is 5.92 Å². The second-order valence-electron chi connectivity index (χ2n) is 4.85. The molecule has 0 spiro atoms. The topological polar surface area (TPSA) is 49.3 Å². The van der Waals surface area contributed by atoms with Gasteiger partial charge in [0.25, 0.3) is 0 Å². The highest BCUT2D eigenvalue weighted by atomic mass is 35.5. The molecule has 2 atom stereocenters. The van der Waals surface area contributed by atoms with Gasteiger partial charge in [-0.3, -0.25) is 4.79 Å². The smallest absolute Gasteiger partial charge is 0.308 e. The Bertz CT molecular complexity index is 422. The molecule has 1 saturated carbocycles. The second-order valence-corrected chi connectivity index (χ2v) is 5.28. The van der Waals surface area contributed by atoms with Gasteiger partial charge < -0.3 is 10.4 Å². The Balaban J connectivity index is 1.93. The van der Waals surface area contributed by atoms with Crippen LogP contribution in [0.2, 0.25) is 5.02 Å². The maximum Gasteiger partial charge on any atom is 0.308 e. The molecule has 0 aliphatic heterocycles. The molecule has 2 N–H and O–H groups in total. The second kappa shape index (κ2) is 6.21. The van der Waals surface area contributed by atoms with E-state index in [-0.39, 0.29) is 12.0 Å². The van der Waals surface area contributed by atoms with E-state index >= 15 is 0 Å². The highest BCUT2D eigenvalue weighted by molar-refractivity contribution is 6.30. The lowest BCUT2D eigenvalue weighted by Gasteiger charge is -2.29. The summed E-state index contributed by atoms with van der Waals surface area (Å²) in [6.07, 6.45) is 3.85. The number of carbonyl (C=O) groups is 1. The van der Waals surface area contributed by atoms with Crippen LogP contribution in [-0.4, -0.2) is 17.1 Å². The predicted octanol–water partition coefficient (Wildman–Crippen LogP) is 3.07. The number of hydrogen-bond donors (Lipinski definition) is 2. The number of halogens is 1. The van der Waals surface area contributed by atoms with Crippen molar-refractivity contribution in [2.45, 2.75) is 38.3 Å². The van der Waals surface area contributed by atoms with E-state index in [0.717, 1.165) is 31.2 Å². The summed E-state index contributed by atoms with van der Waals surface area (Å²) >= 11 is 5.92. The largest absolute Gasteiger partial charge is 0.481 e. The molecule has 1 aromatic rings. The summed E-state index contributed by atoms with van der Waals surface area (Å²) in [7, 11) is 0. The number of hydrogen-bond acceptors (Lipinski definition) is 2. The van der Waals surface area contributed by atoms with E-state index in [1.165, 1.54) is 0 Å². The number of carboxylic acid groups (broad SMARTS) is 1. The highest BCUT2D eigenvalue weighted by Crippen LogP contribution is 2.25. The third-order valence-corrected chi connectivity index (χ3v) is 3.78. The van der Waals surface area contributed by atoms with Crippen LogP contribution in [0.15, 0.2) is 24.3 Å². The van der Waals surface area contributed by atoms with Gasteiger partial charge in [-0.05, 0) is 30.5 Å². The van der Waals surface area contributed by atoms with Crippen molar-refractivity contribution < 1.29 is 9.90 Å². The molecule has 2 rings (SSSR count). The molecule has 0 unspecified atom stereocenters. The Morgan fingerprint density at radius 2 is 2.17 bits per heavy atom. The normalized spacial score (nSPS) is 23.8. The molecule has 1 aromatic carbocycles. The zero-order valence-corrected chi connectivity index (χ0v) is 11.0. The van der Waals surface area contributed by atoms with Crippen LogP contribution < -0.4 is 5.32 Å². The maximum atomic E-state index is 11.2. The summed E-state index contributed by atoms with van der Waals surface area (Å²) < 4.78 is 0. The van der Waals surface area contributed by atoms with Gasteiger partial charge in [0, 0.05) is 17.6 Å². The summed E-state index contributed by atoms with van der Waals surface area (Å²) in [5.74, 6) is -0.934. The molecule has 0 heterocycles. The average Bonchev–Trinajstić information content (AvgIpc) is 2.37. The van der Waals surface area contributed by atoms with Crippen molar-refractivity contribution in [3.05, 3.63) is 34.9 Å². The first-order chi connectivity index (χ1) is 8.66. The molecule has 0 amide bonds. The Morgan fingerprint density at radius 3 is 2.89 bits per heavy atom. The van der Waals surface area contributed by atoms with Crippen molar-refractivity contribution in [2.24, 2.45) is 5.92 Å². The number of aliphatic carboxylic acids is 1. The van der Waals surface area contributed by atoms with Crippen LogP contribution >= 0.6 is 11.6 Å². The van der Waals surface area contributed by atoms with E-state index in [0.29, 0.717) is 11.6 Å². The molecule has 3 nitrogen and oxygen atoms in total. The molecular weight excluding hydrogens is 250 g/mol. The summed E-state index contributed by atoms with van der Waals surface area (Å²) in [6, 6.07) is 7.74. The van der Waals surface area contributed by atoms with Crippen LogP contribution in [0.3, 0.4) is 0 Å². The lowest BCUT2D eigenvalue weighted by molar-refractivity contribution is -0.143. The maximum absolute atomic E-state index is 11.2. The number of carboxylic acids is 1. The molecule has 4 heteroatoms. The lowest BCUT2D eigenvalue weighted by atomic mass is 9.84. The Labute approximate surface area is 112 Å². The molecule has 0 aromatic heterocycles. The van der Waals surface area contributed by atoms with E-state index in [1.54, 1.807) is 0 Å². The van der Waals surface area contributed by atoms with Crippen molar-refractivity contribution in [3.63, 3.8) is 0 Å². The summed E-state index contributed by atoms with van der Waals surface area (Å²) in [5.41, 5.74) is 1.09. The van der Waals surface area contributed by atoms with Crippen LogP contribution in [-0.2, 0) is 11.3 Å². The Hall–Kier alpha value is -1.06.